The van der Waals surface area contributed by atoms with Crippen LogP contribution in [0, 0.1) is 6.92 Å². The first-order valence-electron chi connectivity index (χ1n) is 9.61. The maximum atomic E-state index is 12.9. The Balaban J connectivity index is 1.43. The van der Waals surface area contributed by atoms with Crippen molar-refractivity contribution < 1.29 is 19.2 Å². The zero-order valence-corrected chi connectivity index (χ0v) is 18.2. The number of carbonyl (C=O) groups is 4. The van der Waals surface area contributed by atoms with Gasteiger partial charge in [0.05, 0.1) is 21.5 Å². The highest BCUT2D eigenvalue weighted by atomic mass is 35.5. The minimum absolute atomic E-state index is 0.141. The van der Waals surface area contributed by atoms with E-state index in [0.29, 0.717) is 5.56 Å². The van der Waals surface area contributed by atoms with Crippen LogP contribution < -0.4 is 0 Å². The molecule has 1 fully saturated rings. The highest BCUT2D eigenvalue weighted by Gasteiger charge is 2.42. The van der Waals surface area contributed by atoms with Crippen LogP contribution in [-0.4, -0.2) is 44.4 Å². The summed E-state index contributed by atoms with van der Waals surface area (Å²) in [5.74, 6) is -1.67. The molecule has 0 radical (unpaired) electrons. The minimum Gasteiger partial charge on any atom is -0.269 e. The van der Waals surface area contributed by atoms with Gasteiger partial charge in [-0.05, 0) is 55.1 Å². The van der Waals surface area contributed by atoms with E-state index in [4.69, 9.17) is 11.6 Å². The monoisotopic (exact) mass is 463 g/mol. The number of amides is 4. The molecule has 2 aromatic carbocycles. The Labute approximate surface area is 191 Å². The van der Waals surface area contributed by atoms with Gasteiger partial charge >= 0.3 is 0 Å². The van der Waals surface area contributed by atoms with Gasteiger partial charge in [-0.15, -0.1) is 0 Å². The van der Waals surface area contributed by atoms with Crippen molar-refractivity contribution in [3.05, 3.63) is 80.8 Å². The lowest BCUT2D eigenvalue weighted by molar-refractivity contribution is -0.123. The van der Waals surface area contributed by atoms with Gasteiger partial charge in [0.2, 0.25) is 0 Å². The summed E-state index contributed by atoms with van der Waals surface area (Å²) in [6.07, 6.45) is 1.50. The standard InChI is InChI=1S/C23H14ClN3O4S/c1-12-6-7-17-13(8-12)9-14(19(24)25-17)10-18-22(30)27(23(31)32-18)11-26-20(28)15-4-2-3-5-16(15)21(26)29/h2-10H,11H2,1H3. The third-order valence-electron chi connectivity index (χ3n) is 5.27. The summed E-state index contributed by atoms with van der Waals surface area (Å²) >= 11 is 7.02. The maximum Gasteiger partial charge on any atom is 0.295 e. The largest absolute Gasteiger partial charge is 0.295 e. The summed E-state index contributed by atoms with van der Waals surface area (Å²) in [6, 6.07) is 13.9. The summed E-state index contributed by atoms with van der Waals surface area (Å²) in [5.41, 5.74) is 2.77. The first-order chi connectivity index (χ1) is 15.3. The zero-order valence-electron chi connectivity index (χ0n) is 16.7. The number of hydrogen-bond donors (Lipinski definition) is 0. The number of aryl methyl sites for hydroxylation is 1. The number of nitrogens with zero attached hydrogens (tertiary/aromatic N) is 3. The highest BCUT2D eigenvalue weighted by Crippen LogP contribution is 2.35. The third kappa shape index (κ3) is 3.28. The third-order valence-corrected chi connectivity index (χ3v) is 6.48. The molecule has 0 spiro atoms. The van der Waals surface area contributed by atoms with Gasteiger partial charge in [0.15, 0.2) is 0 Å². The second-order valence-corrected chi connectivity index (χ2v) is 8.75. The molecule has 3 aromatic rings. The molecular formula is C23H14ClN3O4S. The molecule has 158 valence electrons. The summed E-state index contributed by atoms with van der Waals surface area (Å²) in [7, 11) is 0. The van der Waals surface area contributed by atoms with Crippen LogP contribution in [0.25, 0.3) is 17.0 Å². The van der Waals surface area contributed by atoms with Gasteiger partial charge < -0.3 is 0 Å². The molecule has 1 saturated heterocycles. The molecule has 1 aromatic heterocycles. The van der Waals surface area contributed by atoms with Gasteiger partial charge in [0.25, 0.3) is 23.0 Å². The van der Waals surface area contributed by atoms with E-state index in [9.17, 15) is 19.2 Å². The van der Waals surface area contributed by atoms with E-state index in [1.54, 1.807) is 30.3 Å². The number of aromatic nitrogens is 1. The summed E-state index contributed by atoms with van der Waals surface area (Å²) in [6.45, 7) is 1.51. The van der Waals surface area contributed by atoms with Gasteiger partial charge in [0.1, 0.15) is 11.8 Å². The quantitative estimate of drug-likeness (QED) is 0.323. The normalized spacial score (nSPS) is 17.2. The fourth-order valence-electron chi connectivity index (χ4n) is 3.66. The van der Waals surface area contributed by atoms with Crippen molar-refractivity contribution in [1.82, 2.24) is 14.8 Å². The SMILES string of the molecule is Cc1ccc2nc(Cl)c(C=C3SC(=O)N(CN4C(=O)c5ccccc5C4=O)C3=O)cc2c1. The van der Waals surface area contributed by atoms with E-state index in [2.05, 4.69) is 4.98 Å². The lowest BCUT2D eigenvalue weighted by Crippen LogP contribution is -2.43. The van der Waals surface area contributed by atoms with Crippen LogP contribution in [0.15, 0.2) is 53.4 Å². The molecule has 0 aliphatic carbocycles. The van der Waals surface area contributed by atoms with Crippen molar-refractivity contribution in [3.8, 4) is 0 Å². The van der Waals surface area contributed by atoms with Crippen LogP contribution in [0.1, 0.15) is 31.8 Å². The van der Waals surface area contributed by atoms with Crippen molar-refractivity contribution in [3.63, 3.8) is 0 Å². The number of fused-ring (bicyclic) bond motifs is 2. The highest BCUT2D eigenvalue weighted by molar-refractivity contribution is 8.18. The van der Waals surface area contributed by atoms with E-state index in [-0.39, 0.29) is 21.2 Å². The van der Waals surface area contributed by atoms with Gasteiger partial charge in [-0.3, -0.25) is 24.1 Å². The lowest BCUT2D eigenvalue weighted by Gasteiger charge is -2.19. The number of thioether (sulfide) groups is 1. The lowest BCUT2D eigenvalue weighted by atomic mass is 10.1. The van der Waals surface area contributed by atoms with Crippen molar-refractivity contribution in [2.24, 2.45) is 0 Å². The summed E-state index contributed by atoms with van der Waals surface area (Å²) in [5, 5.41) is 0.484. The number of halogens is 1. The number of carbonyl (C=O) groups excluding carboxylic acids is 4. The van der Waals surface area contributed by atoms with Crippen LogP contribution in [0.2, 0.25) is 5.15 Å². The average molecular weight is 464 g/mol. The van der Waals surface area contributed by atoms with Gasteiger partial charge in [-0.25, -0.2) is 9.88 Å². The van der Waals surface area contributed by atoms with Crippen LogP contribution >= 0.6 is 23.4 Å². The van der Waals surface area contributed by atoms with Gasteiger partial charge in [-0.1, -0.05) is 35.4 Å². The molecule has 2 aliphatic heterocycles. The van der Waals surface area contributed by atoms with Crippen molar-refractivity contribution in [1.29, 1.82) is 0 Å². The summed E-state index contributed by atoms with van der Waals surface area (Å²) < 4.78 is 0. The molecule has 4 amide bonds. The van der Waals surface area contributed by atoms with Crippen LogP contribution in [0.3, 0.4) is 0 Å². The van der Waals surface area contributed by atoms with Crippen molar-refractivity contribution in [2.45, 2.75) is 6.92 Å². The fourth-order valence-corrected chi connectivity index (χ4v) is 4.68. The molecule has 0 atom stereocenters. The molecule has 3 heterocycles. The van der Waals surface area contributed by atoms with E-state index < -0.39 is 29.6 Å². The molecule has 0 unspecified atom stereocenters. The molecule has 0 saturated carbocycles. The van der Waals surface area contributed by atoms with Gasteiger partial charge in [-0.2, -0.15) is 0 Å². The number of rotatable bonds is 3. The van der Waals surface area contributed by atoms with E-state index >= 15 is 0 Å². The Bertz CT molecular complexity index is 1370. The van der Waals surface area contributed by atoms with Gasteiger partial charge in [0, 0.05) is 10.9 Å². The van der Waals surface area contributed by atoms with Crippen molar-refractivity contribution >= 4 is 63.3 Å². The molecule has 32 heavy (non-hydrogen) atoms. The number of benzene rings is 2. The summed E-state index contributed by atoms with van der Waals surface area (Å²) in [4.78, 5) is 56.9. The topological polar surface area (TPSA) is 87.7 Å². The Kier molecular flexibility index (Phi) is 4.83. The van der Waals surface area contributed by atoms with Crippen LogP contribution in [-0.2, 0) is 4.79 Å². The van der Waals surface area contributed by atoms with E-state index in [0.717, 1.165) is 38.0 Å². The first-order valence-corrected chi connectivity index (χ1v) is 10.8. The fraction of sp³-hybridized carbons (Fsp3) is 0.0870. The maximum absolute atomic E-state index is 12.9. The average Bonchev–Trinajstić information content (AvgIpc) is 3.17. The molecule has 2 aliphatic rings. The Hall–Kier alpha value is -3.49. The molecule has 7 nitrogen and oxygen atoms in total. The molecule has 0 N–H and O–H groups in total. The predicted molar refractivity (Wildman–Crippen MR) is 121 cm³/mol. The van der Waals surface area contributed by atoms with E-state index in [1.807, 2.05) is 25.1 Å². The van der Waals surface area contributed by atoms with Crippen LogP contribution in [0.5, 0.6) is 0 Å². The second kappa shape index (κ2) is 7.58. The number of hydrogen-bond acceptors (Lipinski definition) is 6. The Morgan fingerprint density at radius 3 is 2.31 bits per heavy atom. The Morgan fingerprint density at radius 1 is 0.938 bits per heavy atom. The minimum atomic E-state index is -0.600. The van der Waals surface area contributed by atoms with E-state index in [1.165, 1.54) is 6.08 Å². The Morgan fingerprint density at radius 2 is 1.62 bits per heavy atom. The number of imide groups is 2. The molecular weight excluding hydrogens is 450 g/mol. The molecule has 9 heteroatoms. The van der Waals surface area contributed by atoms with Crippen LogP contribution in [0.4, 0.5) is 4.79 Å². The first kappa shape index (κ1) is 20.4. The second-order valence-electron chi connectivity index (χ2n) is 7.40. The smallest absolute Gasteiger partial charge is 0.269 e. The molecule has 0 bridgehead atoms. The number of pyridine rings is 1. The zero-order chi connectivity index (χ0) is 22.6. The molecule has 5 rings (SSSR count). The predicted octanol–water partition coefficient (Wildman–Crippen LogP) is 4.49. The van der Waals surface area contributed by atoms with Crippen molar-refractivity contribution in [2.75, 3.05) is 6.67 Å².